The van der Waals surface area contributed by atoms with Crippen LogP contribution in [-0.2, 0) is 9.53 Å². The quantitative estimate of drug-likeness (QED) is 0.675. The van der Waals surface area contributed by atoms with Crippen LogP contribution in [0.25, 0.3) is 5.70 Å². The molecule has 1 aliphatic rings. The number of amidine groups is 1. The van der Waals surface area contributed by atoms with Crippen LogP contribution in [0.4, 0.5) is 0 Å². The zero-order valence-electron chi connectivity index (χ0n) is 11.1. The molecule has 1 atom stereocenters. The smallest absolute Gasteiger partial charge is 0.198 e. The van der Waals surface area contributed by atoms with E-state index in [9.17, 15) is 9.90 Å². The third-order valence-electron chi connectivity index (χ3n) is 2.96. The third-order valence-corrected chi connectivity index (χ3v) is 3.15. The molecule has 2 rings (SSSR count). The summed E-state index contributed by atoms with van der Waals surface area (Å²) >= 11 is 6.00. The summed E-state index contributed by atoms with van der Waals surface area (Å²) in [4.78, 5) is 15.3. The second-order valence-corrected chi connectivity index (χ2v) is 4.59. The van der Waals surface area contributed by atoms with Crippen molar-refractivity contribution in [3.8, 4) is 0 Å². The minimum absolute atomic E-state index is 0.0583. The lowest BCUT2D eigenvalue weighted by atomic mass is 10.0. The van der Waals surface area contributed by atoms with E-state index in [-0.39, 0.29) is 10.9 Å². The Bertz CT molecular complexity index is 596. The van der Waals surface area contributed by atoms with Crippen molar-refractivity contribution in [1.29, 1.82) is 0 Å². The average molecular weight is 294 g/mol. The van der Waals surface area contributed by atoms with E-state index in [1.54, 1.807) is 6.07 Å². The molecule has 106 valence electrons. The van der Waals surface area contributed by atoms with Crippen LogP contribution in [0, 0.1) is 0 Å². The van der Waals surface area contributed by atoms with E-state index in [1.165, 1.54) is 6.92 Å². The molecule has 1 heterocycles. The van der Waals surface area contributed by atoms with E-state index in [4.69, 9.17) is 16.3 Å². The molecule has 0 aromatic heterocycles. The van der Waals surface area contributed by atoms with Crippen molar-refractivity contribution >= 4 is 28.6 Å². The molecule has 6 heteroatoms. The van der Waals surface area contributed by atoms with E-state index in [0.717, 1.165) is 5.56 Å². The van der Waals surface area contributed by atoms with Gasteiger partial charge in [0.2, 0.25) is 0 Å². The molecule has 1 aromatic carbocycles. The summed E-state index contributed by atoms with van der Waals surface area (Å²) in [5, 5.41) is 14.0. The Labute approximate surface area is 121 Å². The minimum Gasteiger partial charge on any atom is -0.545 e. The Kier molecular flexibility index (Phi) is 4.42. The predicted octanol–water partition coefficient (Wildman–Crippen LogP) is 1.40. The third kappa shape index (κ3) is 2.84. The molecule has 0 amide bonds. The van der Waals surface area contributed by atoms with Gasteiger partial charge >= 0.3 is 0 Å². The van der Waals surface area contributed by atoms with Gasteiger partial charge in [-0.3, -0.25) is 0 Å². The van der Waals surface area contributed by atoms with Crippen molar-refractivity contribution in [2.45, 2.75) is 20.1 Å². The first kappa shape index (κ1) is 14.6. The number of halogens is 1. The van der Waals surface area contributed by atoms with Gasteiger partial charge < -0.3 is 20.0 Å². The maximum atomic E-state index is 11.1. The number of carboxylic acid groups (broad SMARTS) is 1. The molecule has 0 spiro atoms. The maximum absolute atomic E-state index is 11.1. The molecule has 1 aromatic rings. The van der Waals surface area contributed by atoms with E-state index in [2.05, 4.69) is 10.3 Å². The van der Waals surface area contributed by atoms with Crippen LogP contribution in [0.5, 0.6) is 0 Å². The van der Waals surface area contributed by atoms with Gasteiger partial charge in [-0.25, -0.2) is 4.99 Å². The lowest BCUT2D eigenvalue weighted by Crippen LogP contribution is -2.27. The minimum atomic E-state index is -1.26. The molecule has 1 aliphatic heterocycles. The van der Waals surface area contributed by atoms with Crippen LogP contribution in [0.15, 0.2) is 34.8 Å². The van der Waals surface area contributed by atoms with Crippen molar-refractivity contribution in [3.05, 3.63) is 41.0 Å². The summed E-state index contributed by atoms with van der Waals surface area (Å²) in [6.45, 7) is 3.78. The molecule has 20 heavy (non-hydrogen) atoms. The number of rotatable bonds is 3. The van der Waals surface area contributed by atoms with Crippen LogP contribution < -0.4 is 10.4 Å². The molecule has 0 radical (unpaired) electrons. The summed E-state index contributed by atoms with van der Waals surface area (Å²) in [7, 11) is 0. The monoisotopic (exact) mass is 293 g/mol. The normalized spacial score (nSPS) is 20.4. The molecule has 0 aliphatic carbocycles. The summed E-state index contributed by atoms with van der Waals surface area (Å²) in [6, 6.07) is 7.27. The summed E-state index contributed by atoms with van der Waals surface area (Å²) in [5.74, 6) is -1.26. The highest BCUT2D eigenvalue weighted by molar-refractivity contribution is 6.65. The predicted molar refractivity (Wildman–Crippen MR) is 74.8 cm³/mol. The standard InChI is InChI=1S/C14H15ClN2O3/c1-3-20-12-10-7-5-4-6-9(10)11(8(2)13(18)19)16-14(15)17-12/h4-7,12H,3H2,1-2H3,(H,16,17)(H,18,19)/p-1/b11-8-/t12-/m0/s1. The van der Waals surface area contributed by atoms with E-state index in [1.807, 2.05) is 25.1 Å². The van der Waals surface area contributed by atoms with Gasteiger partial charge in [-0.2, -0.15) is 0 Å². The van der Waals surface area contributed by atoms with Gasteiger partial charge in [-0.05, 0) is 31.0 Å². The average Bonchev–Trinajstić information content (AvgIpc) is 2.56. The fourth-order valence-electron chi connectivity index (χ4n) is 2.00. The Morgan fingerprint density at radius 2 is 2.20 bits per heavy atom. The topological polar surface area (TPSA) is 73.8 Å². The Hall–Kier alpha value is -1.85. The zero-order valence-corrected chi connectivity index (χ0v) is 11.9. The number of benzene rings is 1. The zero-order chi connectivity index (χ0) is 14.7. The fraction of sp³-hybridized carbons (Fsp3) is 0.286. The number of nitrogens with zero attached hydrogens (tertiary/aromatic N) is 1. The van der Waals surface area contributed by atoms with Gasteiger partial charge in [0.15, 0.2) is 11.5 Å². The first-order valence-corrected chi connectivity index (χ1v) is 6.55. The van der Waals surface area contributed by atoms with Crippen molar-refractivity contribution in [1.82, 2.24) is 5.32 Å². The number of ether oxygens (including phenoxy) is 1. The number of carbonyl (C=O) groups is 1. The highest BCUT2D eigenvalue weighted by atomic mass is 35.5. The Morgan fingerprint density at radius 1 is 1.50 bits per heavy atom. The van der Waals surface area contributed by atoms with Crippen molar-refractivity contribution in [2.24, 2.45) is 4.99 Å². The molecule has 0 bridgehead atoms. The van der Waals surface area contributed by atoms with E-state index in [0.29, 0.717) is 17.9 Å². The molecule has 0 fully saturated rings. The summed E-state index contributed by atoms with van der Waals surface area (Å²) in [6.07, 6.45) is -0.566. The number of carbonyl (C=O) groups excluding carboxylic acids is 1. The molecule has 0 saturated heterocycles. The number of hydrogen-bond acceptors (Lipinski definition) is 5. The lowest BCUT2D eigenvalue weighted by Gasteiger charge is -2.16. The van der Waals surface area contributed by atoms with E-state index < -0.39 is 12.2 Å². The number of aliphatic imine (C=N–C) groups is 1. The number of fused-ring (bicyclic) bond motifs is 1. The van der Waals surface area contributed by atoms with Gasteiger partial charge in [-0.1, -0.05) is 24.3 Å². The lowest BCUT2D eigenvalue weighted by molar-refractivity contribution is -0.299. The molecule has 0 unspecified atom stereocenters. The number of hydrogen-bond donors (Lipinski definition) is 1. The Balaban J connectivity index is 2.64. The van der Waals surface area contributed by atoms with Gasteiger partial charge in [0.05, 0.1) is 11.7 Å². The second-order valence-electron chi connectivity index (χ2n) is 4.23. The van der Waals surface area contributed by atoms with Crippen LogP contribution in [0.3, 0.4) is 0 Å². The summed E-state index contributed by atoms with van der Waals surface area (Å²) < 4.78 is 5.55. The molecule has 1 N–H and O–H groups in total. The molecular formula is C14H14ClN2O3-. The molecule has 5 nitrogen and oxygen atoms in total. The maximum Gasteiger partial charge on any atom is 0.198 e. The van der Waals surface area contributed by atoms with Crippen LogP contribution in [0.1, 0.15) is 31.2 Å². The number of aliphatic carboxylic acids is 1. The van der Waals surface area contributed by atoms with Crippen molar-refractivity contribution in [3.63, 3.8) is 0 Å². The number of carboxylic acids is 1. The van der Waals surface area contributed by atoms with Gasteiger partial charge in [0.1, 0.15) is 0 Å². The first-order valence-electron chi connectivity index (χ1n) is 6.18. The molecule has 0 saturated carbocycles. The van der Waals surface area contributed by atoms with Crippen LogP contribution in [-0.4, -0.2) is 17.9 Å². The highest BCUT2D eigenvalue weighted by Gasteiger charge is 2.22. The molecular weight excluding hydrogens is 280 g/mol. The SMILES string of the molecule is CCO[C@@H]1N=C(Cl)N/C(=C(/C)C(=O)[O-])c2ccccc21. The largest absolute Gasteiger partial charge is 0.545 e. The Morgan fingerprint density at radius 3 is 2.85 bits per heavy atom. The van der Waals surface area contributed by atoms with Crippen LogP contribution >= 0.6 is 11.6 Å². The van der Waals surface area contributed by atoms with Crippen molar-refractivity contribution in [2.75, 3.05) is 6.61 Å². The van der Waals surface area contributed by atoms with E-state index >= 15 is 0 Å². The fourth-order valence-corrected chi connectivity index (χ4v) is 2.18. The summed E-state index contributed by atoms with van der Waals surface area (Å²) in [5.41, 5.74) is 1.87. The second kappa shape index (κ2) is 6.07. The van der Waals surface area contributed by atoms with Gasteiger partial charge in [0.25, 0.3) is 0 Å². The first-order chi connectivity index (χ1) is 9.54. The van der Waals surface area contributed by atoms with Crippen molar-refractivity contribution < 1.29 is 14.6 Å². The van der Waals surface area contributed by atoms with Gasteiger partial charge in [-0.15, -0.1) is 0 Å². The highest BCUT2D eigenvalue weighted by Crippen LogP contribution is 2.31. The van der Waals surface area contributed by atoms with Gasteiger partial charge in [0, 0.05) is 17.7 Å². The van der Waals surface area contributed by atoms with Crippen LogP contribution in [0.2, 0.25) is 0 Å². The number of nitrogens with one attached hydrogen (secondary N) is 1.